The Morgan fingerprint density at radius 2 is 1.89 bits per heavy atom. The van der Waals surface area contributed by atoms with Crippen molar-refractivity contribution in [1.29, 1.82) is 0 Å². The smallest absolute Gasteiger partial charge is 0.251 e. The molecule has 0 spiro atoms. The SMILES string of the molecule is Cc1c[nH]c(=O)c(C2CCN(C(C)(C)C)CC2)c1. The highest BCUT2D eigenvalue weighted by atomic mass is 16.1. The summed E-state index contributed by atoms with van der Waals surface area (Å²) in [6.45, 7) is 11.0. The number of likely N-dealkylation sites (tertiary alicyclic amines) is 1. The monoisotopic (exact) mass is 248 g/mol. The molecule has 0 aromatic carbocycles. The second-order valence-electron chi connectivity index (χ2n) is 6.39. The van der Waals surface area contributed by atoms with E-state index in [1.54, 1.807) is 6.20 Å². The van der Waals surface area contributed by atoms with Crippen LogP contribution >= 0.6 is 0 Å². The largest absolute Gasteiger partial charge is 0.329 e. The highest BCUT2D eigenvalue weighted by molar-refractivity contribution is 5.21. The minimum atomic E-state index is 0.0924. The number of pyridine rings is 1. The maximum Gasteiger partial charge on any atom is 0.251 e. The molecular weight excluding hydrogens is 224 g/mol. The number of rotatable bonds is 1. The van der Waals surface area contributed by atoms with Crippen LogP contribution in [0.1, 0.15) is 50.7 Å². The predicted octanol–water partition coefficient (Wildman–Crippen LogP) is 2.66. The molecular formula is C15H24N2O. The van der Waals surface area contributed by atoms with Gasteiger partial charge in [0.25, 0.3) is 5.56 Å². The lowest BCUT2D eigenvalue weighted by Crippen LogP contribution is -2.46. The Labute approximate surface area is 109 Å². The van der Waals surface area contributed by atoms with Crippen LogP contribution in [0.5, 0.6) is 0 Å². The molecule has 1 aromatic heterocycles. The molecule has 0 radical (unpaired) electrons. The van der Waals surface area contributed by atoms with Gasteiger partial charge < -0.3 is 4.98 Å². The normalized spacial score (nSPS) is 19.1. The molecule has 3 nitrogen and oxygen atoms in total. The molecule has 18 heavy (non-hydrogen) atoms. The molecule has 1 N–H and O–H groups in total. The third-order valence-corrected chi connectivity index (χ3v) is 3.96. The molecule has 2 rings (SSSR count). The maximum absolute atomic E-state index is 11.9. The molecule has 1 aromatic rings. The van der Waals surface area contributed by atoms with Crippen molar-refractivity contribution in [1.82, 2.24) is 9.88 Å². The van der Waals surface area contributed by atoms with E-state index in [0.717, 1.165) is 37.1 Å². The Balaban J connectivity index is 2.10. The zero-order chi connectivity index (χ0) is 13.3. The van der Waals surface area contributed by atoms with Gasteiger partial charge in [-0.15, -0.1) is 0 Å². The van der Waals surface area contributed by atoms with Gasteiger partial charge in [-0.2, -0.15) is 0 Å². The van der Waals surface area contributed by atoms with Crippen molar-refractivity contribution in [2.45, 2.75) is 52.0 Å². The molecule has 1 saturated heterocycles. The van der Waals surface area contributed by atoms with Crippen LogP contribution in [0.2, 0.25) is 0 Å². The van der Waals surface area contributed by atoms with E-state index in [9.17, 15) is 4.79 Å². The zero-order valence-corrected chi connectivity index (χ0v) is 11.9. The fraction of sp³-hybridized carbons (Fsp3) is 0.667. The Morgan fingerprint density at radius 3 is 2.44 bits per heavy atom. The van der Waals surface area contributed by atoms with E-state index in [1.165, 1.54) is 0 Å². The Kier molecular flexibility index (Phi) is 3.62. The molecule has 0 saturated carbocycles. The summed E-state index contributed by atoms with van der Waals surface area (Å²) in [4.78, 5) is 17.2. The molecule has 3 heteroatoms. The van der Waals surface area contributed by atoms with E-state index in [-0.39, 0.29) is 11.1 Å². The highest BCUT2D eigenvalue weighted by Crippen LogP contribution is 2.29. The van der Waals surface area contributed by atoms with Gasteiger partial charge in [-0.05, 0) is 71.2 Å². The first-order valence-corrected chi connectivity index (χ1v) is 6.82. The number of aryl methyl sites for hydroxylation is 1. The van der Waals surface area contributed by atoms with Crippen molar-refractivity contribution in [2.75, 3.05) is 13.1 Å². The van der Waals surface area contributed by atoms with Crippen LogP contribution in [0.3, 0.4) is 0 Å². The average molecular weight is 248 g/mol. The van der Waals surface area contributed by atoms with Crippen LogP contribution in [-0.4, -0.2) is 28.5 Å². The number of nitrogens with zero attached hydrogens (tertiary/aromatic N) is 1. The first-order chi connectivity index (χ1) is 8.38. The highest BCUT2D eigenvalue weighted by Gasteiger charge is 2.28. The second kappa shape index (κ2) is 4.88. The molecule has 0 atom stereocenters. The number of H-pyrrole nitrogens is 1. The van der Waals surface area contributed by atoms with E-state index >= 15 is 0 Å². The summed E-state index contributed by atoms with van der Waals surface area (Å²) in [6, 6.07) is 2.05. The van der Waals surface area contributed by atoms with Gasteiger partial charge in [0.1, 0.15) is 0 Å². The van der Waals surface area contributed by atoms with E-state index in [0.29, 0.717) is 5.92 Å². The number of piperidine rings is 1. The van der Waals surface area contributed by atoms with Crippen molar-refractivity contribution < 1.29 is 0 Å². The van der Waals surface area contributed by atoms with E-state index in [4.69, 9.17) is 0 Å². The standard InChI is InChI=1S/C15H24N2O/c1-11-9-13(14(18)16-10-11)12-5-7-17(8-6-12)15(2,3)4/h9-10,12H,5-8H2,1-4H3,(H,16,18). The summed E-state index contributed by atoms with van der Waals surface area (Å²) in [7, 11) is 0. The molecule has 0 unspecified atom stereocenters. The Morgan fingerprint density at radius 1 is 1.28 bits per heavy atom. The molecule has 0 aliphatic carbocycles. The van der Waals surface area contributed by atoms with Crippen molar-refractivity contribution in [3.8, 4) is 0 Å². The van der Waals surface area contributed by atoms with E-state index < -0.39 is 0 Å². The summed E-state index contributed by atoms with van der Waals surface area (Å²) in [5.74, 6) is 0.423. The van der Waals surface area contributed by atoms with Crippen molar-refractivity contribution >= 4 is 0 Å². The van der Waals surface area contributed by atoms with Gasteiger partial charge in [0, 0.05) is 17.3 Å². The molecule has 1 aliphatic rings. The second-order valence-corrected chi connectivity index (χ2v) is 6.39. The van der Waals surface area contributed by atoms with Crippen LogP contribution in [0, 0.1) is 6.92 Å². The molecule has 100 valence electrons. The van der Waals surface area contributed by atoms with Crippen molar-refractivity contribution in [3.05, 3.63) is 33.7 Å². The van der Waals surface area contributed by atoms with Gasteiger partial charge >= 0.3 is 0 Å². The molecule has 2 heterocycles. The lowest BCUT2D eigenvalue weighted by molar-refractivity contribution is 0.102. The van der Waals surface area contributed by atoms with Crippen molar-refractivity contribution in [2.24, 2.45) is 0 Å². The van der Waals surface area contributed by atoms with Crippen LogP contribution in [0.4, 0.5) is 0 Å². The van der Waals surface area contributed by atoms with Crippen molar-refractivity contribution in [3.63, 3.8) is 0 Å². The average Bonchev–Trinajstić information content (AvgIpc) is 2.31. The fourth-order valence-corrected chi connectivity index (χ4v) is 2.78. The van der Waals surface area contributed by atoms with E-state index in [2.05, 4.69) is 36.7 Å². The Hall–Kier alpha value is -1.09. The number of aromatic nitrogens is 1. The number of hydrogen-bond acceptors (Lipinski definition) is 2. The molecule has 0 bridgehead atoms. The minimum Gasteiger partial charge on any atom is -0.329 e. The molecule has 1 aliphatic heterocycles. The van der Waals surface area contributed by atoms with Crippen LogP contribution in [0.25, 0.3) is 0 Å². The fourth-order valence-electron chi connectivity index (χ4n) is 2.78. The van der Waals surface area contributed by atoms with E-state index in [1.807, 2.05) is 6.92 Å². The first-order valence-electron chi connectivity index (χ1n) is 6.82. The first kappa shape index (κ1) is 13.3. The molecule has 1 fully saturated rings. The van der Waals surface area contributed by atoms with Gasteiger partial charge in [-0.3, -0.25) is 9.69 Å². The third kappa shape index (κ3) is 2.83. The predicted molar refractivity (Wildman–Crippen MR) is 75.1 cm³/mol. The number of nitrogens with one attached hydrogen (secondary N) is 1. The summed E-state index contributed by atoms with van der Waals surface area (Å²) >= 11 is 0. The summed E-state index contributed by atoms with van der Waals surface area (Å²) < 4.78 is 0. The maximum atomic E-state index is 11.9. The zero-order valence-electron chi connectivity index (χ0n) is 11.9. The van der Waals surface area contributed by atoms with Gasteiger partial charge in [0.15, 0.2) is 0 Å². The van der Waals surface area contributed by atoms with Crippen LogP contribution in [0.15, 0.2) is 17.1 Å². The van der Waals surface area contributed by atoms with Gasteiger partial charge in [0.2, 0.25) is 0 Å². The number of aromatic amines is 1. The van der Waals surface area contributed by atoms with Gasteiger partial charge in [-0.25, -0.2) is 0 Å². The Bertz CT molecular complexity index is 462. The number of hydrogen-bond donors (Lipinski definition) is 1. The van der Waals surface area contributed by atoms with Gasteiger partial charge in [0.05, 0.1) is 0 Å². The third-order valence-electron chi connectivity index (χ3n) is 3.96. The quantitative estimate of drug-likeness (QED) is 0.829. The molecule has 0 amide bonds. The lowest BCUT2D eigenvalue weighted by Gasteiger charge is -2.40. The summed E-state index contributed by atoms with van der Waals surface area (Å²) in [5.41, 5.74) is 2.45. The van der Waals surface area contributed by atoms with Crippen LogP contribution in [-0.2, 0) is 0 Å². The van der Waals surface area contributed by atoms with Gasteiger partial charge in [-0.1, -0.05) is 0 Å². The summed E-state index contributed by atoms with van der Waals surface area (Å²) in [5, 5.41) is 0. The topological polar surface area (TPSA) is 36.1 Å². The lowest BCUT2D eigenvalue weighted by atomic mass is 9.88. The minimum absolute atomic E-state index is 0.0924. The summed E-state index contributed by atoms with van der Waals surface area (Å²) in [6.07, 6.45) is 3.96. The van der Waals surface area contributed by atoms with Crippen LogP contribution < -0.4 is 5.56 Å².